The zero-order valence-electron chi connectivity index (χ0n) is 27.0. The van der Waals surface area contributed by atoms with E-state index in [1.54, 1.807) is 0 Å². The van der Waals surface area contributed by atoms with Gasteiger partial charge in [0.05, 0.1) is 13.2 Å². The molecule has 0 spiro atoms. The zero-order valence-corrected chi connectivity index (χ0v) is 27.0. The van der Waals surface area contributed by atoms with Crippen LogP contribution in [0.25, 0.3) is 0 Å². The number of allylic oxidation sites excluding steroid dienone is 2. The molecule has 2 aliphatic rings. The Kier molecular flexibility index (Phi) is 18.9. The van der Waals surface area contributed by atoms with E-state index in [0.29, 0.717) is 67.6 Å². The number of unbranched alkanes of at least 4 members (excludes halogenated alkanes) is 6. The van der Waals surface area contributed by atoms with E-state index in [1.165, 1.54) is 57.8 Å². The summed E-state index contributed by atoms with van der Waals surface area (Å²) in [5.74, 6) is 23.3. The molecule has 0 heterocycles. The molecule has 8 unspecified atom stereocenters. The van der Waals surface area contributed by atoms with Gasteiger partial charge in [-0.1, -0.05) is 96.6 Å². The summed E-state index contributed by atoms with van der Waals surface area (Å²) >= 11 is 0. The fraction of sp³-hybridized carbons (Fsp3) is 0.692. The van der Waals surface area contributed by atoms with Crippen LogP contribution in [0.2, 0.25) is 0 Å². The van der Waals surface area contributed by atoms with Gasteiger partial charge in [0.2, 0.25) is 0 Å². The average Bonchev–Trinajstić information content (AvgIpc) is 3.01. The molecule has 234 valence electrons. The first-order valence-electron chi connectivity index (χ1n) is 16.9. The SMILES string of the molecule is C#CC#CC#CC#CC1C(CCOC=O)C(CCCCCC)C2C(CCOC=O)C=CC(CCCCCC)C2C1CCC. The molecule has 8 atom stereocenters. The summed E-state index contributed by atoms with van der Waals surface area (Å²) in [6.45, 7) is 8.79. The van der Waals surface area contributed by atoms with Crippen LogP contribution in [0.15, 0.2) is 12.2 Å². The molecule has 2 aliphatic carbocycles. The predicted molar refractivity (Wildman–Crippen MR) is 175 cm³/mol. The Balaban J connectivity index is 2.64. The van der Waals surface area contributed by atoms with Crippen LogP contribution < -0.4 is 0 Å². The van der Waals surface area contributed by atoms with Crippen molar-refractivity contribution in [2.75, 3.05) is 13.2 Å². The number of rotatable bonds is 20. The summed E-state index contributed by atoms with van der Waals surface area (Å²) in [6.07, 6.45) is 26.3. The molecule has 0 radical (unpaired) electrons. The van der Waals surface area contributed by atoms with Crippen molar-refractivity contribution < 1.29 is 19.1 Å². The van der Waals surface area contributed by atoms with Crippen molar-refractivity contribution in [2.24, 2.45) is 47.3 Å². The normalized spacial score (nSPS) is 27.0. The quantitative estimate of drug-likeness (QED) is 0.0628. The van der Waals surface area contributed by atoms with E-state index in [-0.39, 0.29) is 5.92 Å². The fourth-order valence-electron chi connectivity index (χ4n) is 8.09. The van der Waals surface area contributed by atoms with Gasteiger partial charge in [0.15, 0.2) is 0 Å². The third-order valence-corrected chi connectivity index (χ3v) is 9.74. The lowest BCUT2D eigenvalue weighted by molar-refractivity contribution is -0.131. The molecule has 0 amide bonds. The molecule has 1 saturated carbocycles. The van der Waals surface area contributed by atoms with E-state index in [4.69, 9.17) is 15.9 Å². The van der Waals surface area contributed by atoms with E-state index >= 15 is 0 Å². The molecule has 4 heteroatoms. The highest BCUT2D eigenvalue weighted by molar-refractivity contribution is 5.40. The monoisotopic (exact) mass is 586 g/mol. The van der Waals surface area contributed by atoms with Gasteiger partial charge in [-0.25, -0.2) is 0 Å². The van der Waals surface area contributed by atoms with Gasteiger partial charge in [-0.3, -0.25) is 9.59 Å². The maximum Gasteiger partial charge on any atom is 0.293 e. The maximum atomic E-state index is 11.2. The molecule has 0 saturated heterocycles. The molecule has 0 aliphatic heterocycles. The van der Waals surface area contributed by atoms with Crippen LogP contribution in [0.3, 0.4) is 0 Å². The topological polar surface area (TPSA) is 52.6 Å². The number of carbonyl (C=O) groups excluding carboxylic acids is 2. The van der Waals surface area contributed by atoms with Crippen molar-refractivity contribution in [1.29, 1.82) is 0 Å². The minimum absolute atomic E-state index is 0.166. The van der Waals surface area contributed by atoms with E-state index < -0.39 is 0 Å². The molecular formula is C39H54O4. The Morgan fingerprint density at radius 1 is 0.605 bits per heavy atom. The standard InChI is InChI=1S/C39H54O4/c1-5-9-12-15-16-19-22-34-35(27-29-43-31-41)37(23-18-14-11-7-3)39-33(26-28-42-30-40)25-24-32(21-17-13-10-6-2)38(39)36(34)20-8-4/h1,24-25,30-39H,6-8,10-11,13-14,17-18,20-21,23,26-29H2,2-4H3. The maximum absolute atomic E-state index is 11.2. The summed E-state index contributed by atoms with van der Waals surface area (Å²) < 4.78 is 10.6. The van der Waals surface area contributed by atoms with Crippen LogP contribution in [0.4, 0.5) is 0 Å². The van der Waals surface area contributed by atoms with Crippen molar-refractivity contribution in [1.82, 2.24) is 0 Å². The Morgan fingerprint density at radius 3 is 1.81 bits per heavy atom. The largest absolute Gasteiger partial charge is 0.468 e. The first-order valence-corrected chi connectivity index (χ1v) is 16.9. The van der Waals surface area contributed by atoms with Gasteiger partial charge in [0.1, 0.15) is 0 Å². The van der Waals surface area contributed by atoms with Crippen LogP contribution in [0.1, 0.15) is 111 Å². The van der Waals surface area contributed by atoms with Gasteiger partial charge in [0, 0.05) is 5.92 Å². The first kappa shape index (κ1) is 36.1. The van der Waals surface area contributed by atoms with Gasteiger partial charge in [-0.2, -0.15) is 0 Å². The number of carbonyl (C=O) groups is 2. The highest BCUT2D eigenvalue weighted by atomic mass is 16.5. The second kappa shape index (κ2) is 22.5. The summed E-state index contributed by atoms with van der Waals surface area (Å²) in [6, 6.07) is 0. The van der Waals surface area contributed by atoms with Gasteiger partial charge < -0.3 is 9.47 Å². The molecule has 2 rings (SSSR count). The van der Waals surface area contributed by atoms with Crippen LogP contribution in [0.5, 0.6) is 0 Å². The Hall–Kier alpha value is -3.08. The number of terminal acetylenes is 1. The lowest BCUT2D eigenvalue weighted by atomic mass is 9.47. The van der Waals surface area contributed by atoms with Gasteiger partial charge in [0.25, 0.3) is 12.9 Å². The highest BCUT2D eigenvalue weighted by Crippen LogP contribution is 2.58. The smallest absolute Gasteiger partial charge is 0.293 e. The molecule has 0 aromatic heterocycles. The summed E-state index contributed by atoms with van der Waals surface area (Å²) in [5, 5.41) is 0. The third kappa shape index (κ3) is 11.8. The molecule has 1 fully saturated rings. The van der Waals surface area contributed by atoms with Crippen LogP contribution in [-0.2, 0) is 19.1 Å². The summed E-state index contributed by atoms with van der Waals surface area (Å²) in [5.41, 5.74) is 0. The molecule has 43 heavy (non-hydrogen) atoms. The Bertz CT molecular complexity index is 1060. The van der Waals surface area contributed by atoms with E-state index in [9.17, 15) is 9.59 Å². The summed E-state index contributed by atoms with van der Waals surface area (Å²) in [7, 11) is 0. The first-order chi connectivity index (χ1) is 21.2. The van der Waals surface area contributed by atoms with Gasteiger partial charge in [-0.15, -0.1) is 6.42 Å². The number of ether oxygens (including phenoxy) is 2. The molecule has 0 aromatic carbocycles. The molecule has 0 bridgehead atoms. The van der Waals surface area contributed by atoms with Crippen LogP contribution in [0, 0.1) is 95.2 Å². The van der Waals surface area contributed by atoms with Crippen molar-refractivity contribution in [3.63, 3.8) is 0 Å². The van der Waals surface area contributed by atoms with Crippen molar-refractivity contribution >= 4 is 12.9 Å². The molecule has 4 nitrogen and oxygen atoms in total. The number of fused-ring (bicyclic) bond motifs is 1. The lowest BCUT2D eigenvalue weighted by Gasteiger charge is -2.57. The minimum atomic E-state index is 0.166. The molecule has 0 aromatic rings. The minimum Gasteiger partial charge on any atom is -0.468 e. The second-order valence-corrected chi connectivity index (χ2v) is 12.3. The zero-order chi connectivity index (χ0) is 31.1. The van der Waals surface area contributed by atoms with E-state index in [0.717, 1.165) is 32.1 Å². The average molecular weight is 587 g/mol. The van der Waals surface area contributed by atoms with E-state index in [1.807, 2.05) is 0 Å². The van der Waals surface area contributed by atoms with E-state index in [2.05, 4.69) is 74.4 Å². The Morgan fingerprint density at radius 2 is 1.19 bits per heavy atom. The fourth-order valence-corrected chi connectivity index (χ4v) is 8.09. The van der Waals surface area contributed by atoms with Gasteiger partial charge >= 0.3 is 0 Å². The Labute approximate surface area is 262 Å². The second-order valence-electron chi connectivity index (χ2n) is 12.3. The number of hydrogen-bond donors (Lipinski definition) is 0. The molecular weight excluding hydrogens is 532 g/mol. The summed E-state index contributed by atoms with van der Waals surface area (Å²) in [4.78, 5) is 22.2. The number of hydrogen-bond acceptors (Lipinski definition) is 4. The van der Waals surface area contributed by atoms with Crippen molar-refractivity contribution in [3.8, 4) is 47.9 Å². The predicted octanol–water partition coefficient (Wildman–Crippen LogP) is 8.01. The van der Waals surface area contributed by atoms with Crippen molar-refractivity contribution in [2.45, 2.75) is 111 Å². The van der Waals surface area contributed by atoms with Crippen LogP contribution in [-0.4, -0.2) is 26.2 Å². The van der Waals surface area contributed by atoms with Gasteiger partial charge in [-0.05, 0) is 109 Å². The highest BCUT2D eigenvalue weighted by Gasteiger charge is 2.53. The lowest BCUT2D eigenvalue weighted by Crippen LogP contribution is -2.52. The third-order valence-electron chi connectivity index (χ3n) is 9.74. The van der Waals surface area contributed by atoms with Crippen molar-refractivity contribution in [3.05, 3.63) is 12.2 Å². The molecule has 0 N–H and O–H groups in total. The van der Waals surface area contributed by atoms with Crippen LogP contribution >= 0.6 is 0 Å².